The van der Waals surface area contributed by atoms with E-state index in [1.54, 1.807) is 6.08 Å². The predicted molar refractivity (Wildman–Crippen MR) is 58.1 cm³/mol. The lowest BCUT2D eigenvalue weighted by Gasteiger charge is -2.33. The molecule has 2 nitrogen and oxygen atoms in total. The Labute approximate surface area is 87.3 Å². The molecule has 0 aromatic heterocycles. The summed E-state index contributed by atoms with van der Waals surface area (Å²) < 4.78 is 11.2. The van der Waals surface area contributed by atoms with E-state index in [4.69, 9.17) is 9.47 Å². The third-order valence-corrected chi connectivity index (χ3v) is 2.85. The second-order valence-electron chi connectivity index (χ2n) is 4.20. The highest BCUT2D eigenvalue weighted by Crippen LogP contribution is 2.37. The summed E-state index contributed by atoms with van der Waals surface area (Å²) in [4.78, 5) is 0. The first kappa shape index (κ1) is 11.7. The number of hydrogen-bond acceptors (Lipinski definition) is 2. The molecule has 0 aromatic carbocycles. The van der Waals surface area contributed by atoms with Crippen LogP contribution in [0.15, 0.2) is 12.7 Å². The van der Waals surface area contributed by atoms with Crippen LogP contribution in [0.25, 0.3) is 0 Å². The first-order valence-corrected chi connectivity index (χ1v) is 5.57. The molecule has 0 unspecified atom stereocenters. The molecule has 0 amide bonds. The lowest BCUT2D eigenvalue weighted by Crippen LogP contribution is -2.34. The summed E-state index contributed by atoms with van der Waals surface area (Å²) in [6, 6.07) is 0. The summed E-state index contributed by atoms with van der Waals surface area (Å²) >= 11 is 0. The van der Waals surface area contributed by atoms with Crippen molar-refractivity contribution < 1.29 is 9.47 Å². The second-order valence-corrected chi connectivity index (χ2v) is 4.20. The summed E-state index contributed by atoms with van der Waals surface area (Å²) in [5.74, 6) is 0.723. The van der Waals surface area contributed by atoms with E-state index in [0.717, 1.165) is 32.0 Å². The monoisotopic (exact) mass is 198 g/mol. The quantitative estimate of drug-likeness (QED) is 0.557. The molecule has 1 saturated carbocycles. The molecule has 0 atom stereocenters. The van der Waals surface area contributed by atoms with Gasteiger partial charge in [0, 0.05) is 12.8 Å². The van der Waals surface area contributed by atoms with Gasteiger partial charge in [0.1, 0.15) is 0 Å². The van der Waals surface area contributed by atoms with Crippen LogP contribution in [-0.2, 0) is 9.47 Å². The average Bonchev–Trinajstić information content (AvgIpc) is 2.61. The van der Waals surface area contributed by atoms with E-state index in [2.05, 4.69) is 13.5 Å². The molecule has 2 heteroatoms. The van der Waals surface area contributed by atoms with Crippen LogP contribution in [0.3, 0.4) is 0 Å². The van der Waals surface area contributed by atoms with Crippen LogP contribution in [-0.4, -0.2) is 19.0 Å². The van der Waals surface area contributed by atoms with Crippen molar-refractivity contribution in [3.05, 3.63) is 12.7 Å². The highest BCUT2D eigenvalue weighted by molar-refractivity contribution is 4.80. The maximum Gasteiger partial charge on any atom is 0.168 e. The normalized spacial score (nSPS) is 25.6. The Kier molecular flexibility index (Phi) is 4.63. The minimum absolute atomic E-state index is 0.146. The number of hydrogen-bond donors (Lipinski definition) is 0. The van der Waals surface area contributed by atoms with Crippen molar-refractivity contribution in [1.29, 1.82) is 0 Å². The van der Waals surface area contributed by atoms with Crippen LogP contribution in [0.4, 0.5) is 0 Å². The minimum Gasteiger partial charge on any atom is -0.348 e. The fourth-order valence-electron chi connectivity index (χ4n) is 1.99. The van der Waals surface area contributed by atoms with Gasteiger partial charge < -0.3 is 9.47 Å². The van der Waals surface area contributed by atoms with Gasteiger partial charge in [-0.1, -0.05) is 13.0 Å². The van der Waals surface area contributed by atoms with E-state index >= 15 is 0 Å². The topological polar surface area (TPSA) is 18.5 Å². The van der Waals surface area contributed by atoms with E-state index in [9.17, 15) is 0 Å². The summed E-state index contributed by atoms with van der Waals surface area (Å²) in [7, 11) is 0. The van der Waals surface area contributed by atoms with E-state index in [0.29, 0.717) is 0 Å². The Morgan fingerprint density at radius 3 is 2.07 bits per heavy atom. The maximum atomic E-state index is 5.61. The van der Waals surface area contributed by atoms with Crippen LogP contribution in [0.2, 0.25) is 0 Å². The van der Waals surface area contributed by atoms with E-state index < -0.39 is 0 Å². The van der Waals surface area contributed by atoms with Crippen molar-refractivity contribution in [2.24, 2.45) is 5.92 Å². The zero-order chi connectivity index (χ0) is 10.4. The van der Waals surface area contributed by atoms with Crippen LogP contribution in [0.5, 0.6) is 0 Å². The zero-order valence-electron chi connectivity index (χ0n) is 9.42. The third-order valence-electron chi connectivity index (χ3n) is 2.85. The van der Waals surface area contributed by atoms with Gasteiger partial charge in [-0.2, -0.15) is 0 Å². The molecule has 1 saturated heterocycles. The van der Waals surface area contributed by atoms with Gasteiger partial charge in [0.25, 0.3) is 0 Å². The van der Waals surface area contributed by atoms with Crippen molar-refractivity contribution in [1.82, 2.24) is 0 Å². The van der Waals surface area contributed by atoms with Crippen molar-refractivity contribution in [3.63, 3.8) is 0 Å². The van der Waals surface area contributed by atoms with Crippen molar-refractivity contribution in [3.8, 4) is 0 Å². The van der Waals surface area contributed by atoms with E-state index in [1.165, 1.54) is 12.8 Å². The average molecular weight is 198 g/mol. The van der Waals surface area contributed by atoms with Crippen molar-refractivity contribution in [2.75, 3.05) is 13.2 Å². The Balaban J connectivity index is 0.000000293. The fourth-order valence-corrected chi connectivity index (χ4v) is 1.99. The third kappa shape index (κ3) is 3.10. The lowest BCUT2D eigenvalue weighted by molar-refractivity contribution is -0.181. The van der Waals surface area contributed by atoms with Crippen LogP contribution in [0, 0.1) is 5.92 Å². The number of rotatable bonds is 0. The summed E-state index contributed by atoms with van der Waals surface area (Å²) in [5.41, 5.74) is 0. The molecule has 2 aliphatic rings. The summed E-state index contributed by atoms with van der Waals surface area (Å²) in [6.07, 6.45) is 6.49. The molecule has 1 heterocycles. The first-order chi connectivity index (χ1) is 6.72. The first-order valence-electron chi connectivity index (χ1n) is 5.57. The van der Waals surface area contributed by atoms with Gasteiger partial charge >= 0.3 is 0 Å². The smallest absolute Gasteiger partial charge is 0.168 e. The lowest BCUT2D eigenvalue weighted by atomic mass is 9.86. The SMILES string of the molecule is C=CC.CC1CCC2(CC1)OCCO2. The summed E-state index contributed by atoms with van der Waals surface area (Å²) in [6.45, 7) is 9.16. The largest absolute Gasteiger partial charge is 0.348 e. The highest BCUT2D eigenvalue weighted by Gasteiger charge is 2.39. The van der Waals surface area contributed by atoms with Gasteiger partial charge in [-0.05, 0) is 25.7 Å². The van der Waals surface area contributed by atoms with Crippen LogP contribution >= 0.6 is 0 Å². The molecule has 82 valence electrons. The molecular weight excluding hydrogens is 176 g/mol. The number of allylic oxidation sites excluding steroid dienone is 1. The highest BCUT2D eigenvalue weighted by atomic mass is 16.7. The van der Waals surface area contributed by atoms with Gasteiger partial charge in [-0.15, -0.1) is 6.58 Å². The summed E-state index contributed by atoms with van der Waals surface area (Å²) in [5, 5.41) is 0. The van der Waals surface area contributed by atoms with Gasteiger partial charge in [0.15, 0.2) is 5.79 Å². The molecule has 0 aromatic rings. The van der Waals surface area contributed by atoms with Crippen molar-refractivity contribution >= 4 is 0 Å². The van der Waals surface area contributed by atoms with Crippen LogP contribution in [0.1, 0.15) is 39.5 Å². The predicted octanol–water partition coefficient (Wildman–Crippen LogP) is 3.13. The Morgan fingerprint density at radius 2 is 1.64 bits per heavy atom. The second kappa shape index (κ2) is 5.52. The molecule has 0 bridgehead atoms. The van der Waals surface area contributed by atoms with Gasteiger partial charge in [0.05, 0.1) is 13.2 Å². The Hall–Kier alpha value is -0.340. The van der Waals surface area contributed by atoms with Gasteiger partial charge in [-0.3, -0.25) is 0 Å². The Morgan fingerprint density at radius 1 is 1.21 bits per heavy atom. The standard InChI is InChI=1S/C9H16O2.C3H6/c1-8-2-4-9(5-3-8)10-6-7-11-9;1-3-2/h8H,2-7H2,1H3;3H,1H2,2H3. The zero-order valence-corrected chi connectivity index (χ0v) is 9.42. The molecule has 0 radical (unpaired) electrons. The maximum absolute atomic E-state index is 5.61. The van der Waals surface area contributed by atoms with Crippen molar-refractivity contribution in [2.45, 2.75) is 45.3 Å². The van der Waals surface area contributed by atoms with E-state index in [1.807, 2.05) is 6.92 Å². The van der Waals surface area contributed by atoms with Gasteiger partial charge in [-0.25, -0.2) is 0 Å². The Bertz CT molecular complexity index is 161. The number of ether oxygens (including phenoxy) is 2. The minimum atomic E-state index is -0.146. The van der Waals surface area contributed by atoms with E-state index in [-0.39, 0.29) is 5.79 Å². The molecule has 2 fully saturated rings. The molecule has 1 spiro atoms. The van der Waals surface area contributed by atoms with Crippen LogP contribution < -0.4 is 0 Å². The molecule has 0 N–H and O–H groups in total. The molecular formula is C12H22O2. The van der Waals surface area contributed by atoms with Gasteiger partial charge in [0.2, 0.25) is 0 Å². The fraction of sp³-hybridized carbons (Fsp3) is 0.833. The molecule has 1 aliphatic heterocycles. The molecule has 2 rings (SSSR count). The molecule has 1 aliphatic carbocycles. The molecule has 14 heavy (non-hydrogen) atoms.